The molecule has 0 N–H and O–H groups in total. The van der Waals surface area contributed by atoms with Crippen LogP contribution < -0.4 is 4.90 Å². The fourth-order valence-corrected chi connectivity index (χ4v) is 4.40. The minimum atomic E-state index is -3.57. The molecule has 1 aromatic carbocycles. The van der Waals surface area contributed by atoms with Crippen molar-refractivity contribution in [1.29, 1.82) is 0 Å². The van der Waals surface area contributed by atoms with Crippen LogP contribution in [0.25, 0.3) is 0 Å². The normalized spacial score (nSPS) is 20.1. The van der Waals surface area contributed by atoms with E-state index in [-0.39, 0.29) is 24.0 Å². The van der Waals surface area contributed by atoms with Crippen LogP contribution in [0.2, 0.25) is 0 Å². The fraction of sp³-hybridized carbons (Fsp3) is 0.364. The van der Waals surface area contributed by atoms with Crippen molar-refractivity contribution in [2.75, 3.05) is 17.2 Å². The van der Waals surface area contributed by atoms with Crippen molar-refractivity contribution >= 4 is 69.8 Å². The summed E-state index contributed by atoms with van der Waals surface area (Å²) >= 11 is 5.52. The summed E-state index contributed by atoms with van der Waals surface area (Å²) in [4.78, 5) is 13.6. The number of rotatable bonds is 3. The quantitative estimate of drug-likeness (QED) is 0.496. The van der Waals surface area contributed by atoms with Crippen molar-refractivity contribution in [1.82, 2.24) is 0 Å². The van der Waals surface area contributed by atoms with Crippen LogP contribution in [-0.2, 0) is 13.8 Å². The number of halogens is 3. The van der Waals surface area contributed by atoms with Gasteiger partial charge in [0.25, 0.3) is 0 Å². The van der Waals surface area contributed by atoms with Crippen molar-refractivity contribution in [2.24, 2.45) is 5.92 Å². The van der Waals surface area contributed by atoms with E-state index in [1.54, 1.807) is 4.90 Å². The zero-order valence-electron chi connectivity index (χ0n) is 9.64. The monoisotopic (exact) mass is 477 g/mol. The molecule has 1 fully saturated rings. The third kappa shape index (κ3) is 4.05. The van der Waals surface area contributed by atoms with Crippen LogP contribution in [0.15, 0.2) is 22.7 Å². The van der Waals surface area contributed by atoms with Crippen LogP contribution in [0, 0.1) is 9.49 Å². The van der Waals surface area contributed by atoms with Crippen LogP contribution in [0.5, 0.6) is 0 Å². The maximum Gasteiger partial charge on any atom is 0.232 e. The predicted octanol–water partition coefficient (Wildman–Crippen LogP) is 2.98. The van der Waals surface area contributed by atoms with Gasteiger partial charge in [-0.25, -0.2) is 8.42 Å². The van der Waals surface area contributed by atoms with Crippen molar-refractivity contribution in [3.8, 4) is 0 Å². The SMILES string of the molecule is O=C1CC(CS(=O)(=O)Cl)CN1c1cc(Br)ccc1I. The van der Waals surface area contributed by atoms with Crippen LogP contribution in [0.1, 0.15) is 6.42 Å². The Bertz CT molecular complexity index is 622. The van der Waals surface area contributed by atoms with E-state index in [0.717, 1.165) is 13.7 Å². The average Bonchev–Trinajstić information content (AvgIpc) is 2.60. The Balaban J connectivity index is 2.23. The van der Waals surface area contributed by atoms with Gasteiger partial charge in [0.2, 0.25) is 15.0 Å². The van der Waals surface area contributed by atoms with Gasteiger partial charge in [-0.05, 0) is 40.8 Å². The Morgan fingerprint density at radius 3 is 2.79 bits per heavy atom. The van der Waals surface area contributed by atoms with Gasteiger partial charge in [-0.3, -0.25) is 4.79 Å². The Hall–Kier alpha value is 0.140. The highest BCUT2D eigenvalue weighted by molar-refractivity contribution is 14.1. The zero-order chi connectivity index (χ0) is 14.2. The molecule has 2 rings (SSSR count). The van der Waals surface area contributed by atoms with Gasteiger partial charge in [0, 0.05) is 37.6 Å². The molecule has 1 amide bonds. The van der Waals surface area contributed by atoms with E-state index in [4.69, 9.17) is 10.7 Å². The molecule has 0 radical (unpaired) electrons. The van der Waals surface area contributed by atoms with Crippen LogP contribution >= 0.6 is 49.2 Å². The van der Waals surface area contributed by atoms with Crippen LogP contribution in [0.3, 0.4) is 0 Å². The first-order chi connectivity index (χ1) is 8.76. The molecule has 1 aromatic rings. The third-order valence-corrected chi connectivity index (χ3v) is 5.49. The fourth-order valence-electron chi connectivity index (χ4n) is 2.10. The average molecular weight is 479 g/mol. The highest BCUT2D eigenvalue weighted by atomic mass is 127. The first-order valence-electron chi connectivity index (χ1n) is 5.44. The van der Waals surface area contributed by atoms with Gasteiger partial charge in [-0.2, -0.15) is 0 Å². The second kappa shape index (κ2) is 5.87. The predicted molar refractivity (Wildman–Crippen MR) is 87.0 cm³/mol. The summed E-state index contributed by atoms with van der Waals surface area (Å²) in [5, 5.41) is 0. The third-order valence-electron chi connectivity index (χ3n) is 2.84. The molecule has 19 heavy (non-hydrogen) atoms. The summed E-state index contributed by atoms with van der Waals surface area (Å²) in [6, 6.07) is 5.66. The first kappa shape index (κ1) is 15.5. The number of nitrogens with zero attached hydrogens (tertiary/aromatic N) is 1. The van der Waals surface area contributed by atoms with Crippen molar-refractivity contribution in [3.63, 3.8) is 0 Å². The summed E-state index contributed by atoms with van der Waals surface area (Å²) < 4.78 is 24.0. The number of anilines is 1. The number of hydrogen-bond donors (Lipinski definition) is 0. The molecule has 0 bridgehead atoms. The van der Waals surface area contributed by atoms with Crippen LogP contribution in [0.4, 0.5) is 5.69 Å². The van der Waals surface area contributed by atoms with Gasteiger partial charge in [0.15, 0.2) is 0 Å². The minimum Gasteiger partial charge on any atom is -0.311 e. The molecule has 0 aliphatic carbocycles. The molecule has 8 heteroatoms. The molecular formula is C11H10BrClINO3S. The lowest BCUT2D eigenvalue weighted by Gasteiger charge is -2.18. The summed E-state index contributed by atoms with van der Waals surface area (Å²) in [5.74, 6) is -0.479. The Labute approximate surface area is 138 Å². The standard InChI is InChI=1S/C11H10BrClINO3S/c12-8-1-2-9(14)10(4-8)15-5-7(3-11(15)16)6-19(13,17)18/h1-2,4,7H,3,5-6H2. The first-order valence-corrected chi connectivity index (χ1v) is 9.79. The summed E-state index contributed by atoms with van der Waals surface area (Å²) in [6.45, 7) is 0.386. The summed E-state index contributed by atoms with van der Waals surface area (Å²) in [5.41, 5.74) is 0.800. The topological polar surface area (TPSA) is 54.5 Å². The van der Waals surface area contributed by atoms with Crippen molar-refractivity contribution in [2.45, 2.75) is 6.42 Å². The smallest absolute Gasteiger partial charge is 0.232 e. The molecule has 104 valence electrons. The lowest BCUT2D eigenvalue weighted by molar-refractivity contribution is -0.117. The molecule has 1 aliphatic rings. The van der Waals surface area contributed by atoms with Gasteiger partial charge in [0.1, 0.15) is 0 Å². The molecule has 0 spiro atoms. The molecule has 4 nitrogen and oxygen atoms in total. The van der Waals surface area contributed by atoms with Gasteiger partial charge in [-0.15, -0.1) is 0 Å². The summed E-state index contributed by atoms with van der Waals surface area (Å²) in [7, 11) is 1.67. The van der Waals surface area contributed by atoms with E-state index in [9.17, 15) is 13.2 Å². The van der Waals surface area contributed by atoms with Gasteiger partial charge in [0.05, 0.1) is 11.4 Å². The maximum atomic E-state index is 12.0. The van der Waals surface area contributed by atoms with Crippen LogP contribution in [-0.4, -0.2) is 26.6 Å². The van der Waals surface area contributed by atoms with Crippen molar-refractivity contribution < 1.29 is 13.2 Å². The minimum absolute atomic E-state index is 0.0682. The lowest BCUT2D eigenvalue weighted by Crippen LogP contribution is -2.26. The second-order valence-corrected chi connectivity index (χ2v) is 9.28. The number of carbonyl (C=O) groups excluding carboxylic acids is 1. The van der Waals surface area contributed by atoms with Crippen molar-refractivity contribution in [3.05, 3.63) is 26.2 Å². The summed E-state index contributed by atoms with van der Waals surface area (Å²) in [6.07, 6.45) is 0.217. The van der Waals surface area contributed by atoms with E-state index in [1.807, 2.05) is 18.2 Å². The maximum absolute atomic E-state index is 12.0. The number of hydrogen-bond acceptors (Lipinski definition) is 3. The zero-order valence-corrected chi connectivity index (χ0v) is 15.0. The van der Waals surface area contributed by atoms with E-state index < -0.39 is 9.05 Å². The Morgan fingerprint density at radius 1 is 1.47 bits per heavy atom. The molecular weight excluding hydrogens is 468 g/mol. The highest BCUT2D eigenvalue weighted by Gasteiger charge is 2.33. The van der Waals surface area contributed by atoms with E-state index >= 15 is 0 Å². The molecule has 1 aliphatic heterocycles. The van der Waals surface area contributed by atoms with Gasteiger partial charge in [-0.1, -0.05) is 15.9 Å². The molecule has 0 saturated carbocycles. The molecule has 1 atom stereocenters. The van der Waals surface area contributed by atoms with E-state index in [1.165, 1.54) is 0 Å². The van der Waals surface area contributed by atoms with E-state index in [0.29, 0.717) is 6.54 Å². The number of carbonyl (C=O) groups is 1. The molecule has 1 saturated heterocycles. The second-order valence-electron chi connectivity index (χ2n) is 4.38. The van der Waals surface area contributed by atoms with Gasteiger partial charge < -0.3 is 4.90 Å². The molecule has 1 heterocycles. The van der Waals surface area contributed by atoms with Gasteiger partial charge >= 0.3 is 0 Å². The molecule has 0 aromatic heterocycles. The Kier molecular flexibility index (Phi) is 4.79. The number of benzene rings is 1. The van der Waals surface area contributed by atoms with E-state index in [2.05, 4.69) is 38.5 Å². The largest absolute Gasteiger partial charge is 0.311 e. The molecule has 1 unspecified atom stereocenters. The highest BCUT2D eigenvalue weighted by Crippen LogP contribution is 2.32. The lowest BCUT2D eigenvalue weighted by atomic mass is 10.1. The number of amides is 1. The Morgan fingerprint density at radius 2 is 2.16 bits per heavy atom.